The molecular formula is C16H17BrN2O2. The van der Waals surface area contributed by atoms with Crippen LogP contribution < -0.4 is 0 Å². The van der Waals surface area contributed by atoms with Crippen molar-refractivity contribution in [3.05, 3.63) is 73.7 Å². The first-order valence-corrected chi connectivity index (χ1v) is 7.42. The lowest BCUT2D eigenvalue weighted by Crippen LogP contribution is -2.17. The van der Waals surface area contributed by atoms with E-state index in [0.717, 1.165) is 12.1 Å². The molecule has 0 saturated heterocycles. The smallest absolute Gasteiger partial charge is 0.283 e. The molecular weight excluding hydrogens is 332 g/mol. The van der Waals surface area contributed by atoms with Gasteiger partial charge >= 0.3 is 0 Å². The summed E-state index contributed by atoms with van der Waals surface area (Å²) in [5.74, 6) is 0. The molecule has 2 aromatic rings. The summed E-state index contributed by atoms with van der Waals surface area (Å²) in [6, 6.07) is 13.5. The topological polar surface area (TPSA) is 46.4 Å². The third-order valence-corrected chi connectivity index (χ3v) is 4.03. The predicted molar refractivity (Wildman–Crippen MR) is 87.1 cm³/mol. The van der Waals surface area contributed by atoms with E-state index in [4.69, 9.17) is 0 Å². The molecule has 0 saturated carbocycles. The van der Waals surface area contributed by atoms with Gasteiger partial charge in [0.15, 0.2) is 0 Å². The summed E-state index contributed by atoms with van der Waals surface area (Å²) in [6.45, 7) is 3.58. The van der Waals surface area contributed by atoms with Crippen molar-refractivity contribution in [3.63, 3.8) is 0 Å². The monoisotopic (exact) mass is 348 g/mol. The number of nitrogens with zero attached hydrogens (tertiary/aromatic N) is 2. The Morgan fingerprint density at radius 3 is 2.57 bits per heavy atom. The number of rotatable bonds is 5. The number of nitro benzene ring substituents is 1. The number of benzene rings is 2. The first-order chi connectivity index (χ1) is 9.97. The Bertz CT molecular complexity index is 658. The van der Waals surface area contributed by atoms with E-state index in [1.807, 2.05) is 25.2 Å². The molecule has 0 aliphatic carbocycles. The van der Waals surface area contributed by atoms with Crippen molar-refractivity contribution in [1.29, 1.82) is 0 Å². The van der Waals surface area contributed by atoms with Crippen LogP contribution in [0.5, 0.6) is 0 Å². The number of hydrogen-bond acceptors (Lipinski definition) is 3. The molecule has 0 bridgehead atoms. The number of nitro groups is 1. The molecule has 0 fully saturated rings. The molecule has 4 nitrogen and oxygen atoms in total. The van der Waals surface area contributed by atoms with Crippen molar-refractivity contribution in [2.75, 3.05) is 7.05 Å². The molecule has 0 heterocycles. The maximum atomic E-state index is 11.0. The van der Waals surface area contributed by atoms with Gasteiger partial charge in [0.25, 0.3) is 5.69 Å². The van der Waals surface area contributed by atoms with Crippen molar-refractivity contribution < 1.29 is 4.92 Å². The van der Waals surface area contributed by atoms with Gasteiger partial charge in [-0.15, -0.1) is 0 Å². The summed E-state index contributed by atoms with van der Waals surface area (Å²) in [5, 5.41) is 11.0. The second-order valence-corrected chi connectivity index (χ2v) is 6.00. The summed E-state index contributed by atoms with van der Waals surface area (Å²) in [5.41, 5.74) is 3.57. The largest absolute Gasteiger partial charge is 0.298 e. The fourth-order valence-electron chi connectivity index (χ4n) is 2.24. The minimum atomic E-state index is -0.366. The molecule has 0 aromatic heterocycles. The molecule has 5 heteroatoms. The molecule has 110 valence electrons. The molecule has 0 aliphatic rings. The van der Waals surface area contributed by atoms with E-state index in [9.17, 15) is 10.1 Å². The van der Waals surface area contributed by atoms with Gasteiger partial charge in [0.2, 0.25) is 0 Å². The molecule has 2 aromatic carbocycles. The van der Waals surface area contributed by atoms with Crippen LogP contribution >= 0.6 is 15.9 Å². The number of halogens is 1. The highest BCUT2D eigenvalue weighted by atomic mass is 79.9. The fraction of sp³-hybridized carbons (Fsp3) is 0.250. The van der Waals surface area contributed by atoms with E-state index in [1.165, 1.54) is 11.1 Å². The fourth-order valence-corrected chi connectivity index (χ4v) is 2.63. The first-order valence-electron chi connectivity index (χ1n) is 6.63. The van der Waals surface area contributed by atoms with Crippen LogP contribution in [0.4, 0.5) is 5.69 Å². The van der Waals surface area contributed by atoms with Crippen LogP contribution in [0.15, 0.2) is 46.9 Å². The first kappa shape index (κ1) is 15.7. The lowest BCUT2D eigenvalue weighted by molar-refractivity contribution is -0.385. The third-order valence-electron chi connectivity index (χ3n) is 3.36. The van der Waals surface area contributed by atoms with Gasteiger partial charge in [-0.1, -0.05) is 30.3 Å². The van der Waals surface area contributed by atoms with Gasteiger partial charge in [-0.3, -0.25) is 15.0 Å². The van der Waals surface area contributed by atoms with Crippen LogP contribution in [0.3, 0.4) is 0 Å². The van der Waals surface area contributed by atoms with Crippen LogP contribution in [-0.4, -0.2) is 16.9 Å². The maximum absolute atomic E-state index is 11.0. The normalized spacial score (nSPS) is 10.9. The quantitative estimate of drug-likeness (QED) is 0.597. The Morgan fingerprint density at radius 1 is 1.19 bits per heavy atom. The average Bonchev–Trinajstić information content (AvgIpc) is 2.43. The lowest BCUT2D eigenvalue weighted by atomic mass is 10.1. The molecule has 0 aliphatic heterocycles. The minimum Gasteiger partial charge on any atom is -0.298 e. The summed E-state index contributed by atoms with van der Waals surface area (Å²) in [7, 11) is 2.01. The second-order valence-electron chi connectivity index (χ2n) is 5.14. The number of hydrogen-bond donors (Lipinski definition) is 0. The molecule has 0 amide bonds. The van der Waals surface area contributed by atoms with E-state index in [0.29, 0.717) is 11.0 Å². The van der Waals surface area contributed by atoms with Gasteiger partial charge in [-0.05, 0) is 52.7 Å². The summed E-state index contributed by atoms with van der Waals surface area (Å²) < 4.78 is 0.512. The van der Waals surface area contributed by atoms with Crippen LogP contribution in [0.25, 0.3) is 0 Å². The minimum absolute atomic E-state index is 0.108. The van der Waals surface area contributed by atoms with Crippen molar-refractivity contribution in [2.45, 2.75) is 20.0 Å². The lowest BCUT2D eigenvalue weighted by Gasteiger charge is -2.18. The Balaban J connectivity index is 2.09. The van der Waals surface area contributed by atoms with Crippen LogP contribution in [-0.2, 0) is 13.1 Å². The maximum Gasteiger partial charge on any atom is 0.283 e. The Morgan fingerprint density at radius 2 is 1.90 bits per heavy atom. The summed E-state index contributed by atoms with van der Waals surface area (Å²) >= 11 is 3.21. The van der Waals surface area contributed by atoms with Gasteiger partial charge in [-0.25, -0.2) is 0 Å². The number of aryl methyl sites for hydroxylation is 1. The van der Waals surface area contributed by atoms with Crippen LogP contribution in [0, 0.1) is 17.0 Å². The molecule has 0 N–H and O–H groups in total. The SMILES string of the molecule is Cc1ccccc1CN(C)Cc1ccc(Br)c([N+](=O)[O-])c1. The van der Waals surface area contributed by atoms with Gasteiger partial charge in [0.05, 0.1) is 9.40 Å². The molecule has 0 radical (unpaired) electrons. The van der Waals surface area contributed by atoms with E-state index in [2.05, 4.69) is 39.9 Å². The third kappa shape index (κ3) is 4.12. The van der Waals surface area contributed by atoms with Gasteiger partial charge in [0.1, 0.15) is 0 Å². The van der Waals surface area contributed by atoms with Crippen molar-refractivity contribution in [3.8, 4) is 0 Å². The Kier molecular flexibility index (Phi) is 5.09. The van der Waals surface area contributed by atoms with Crippen molar-refractivity contribution in [2.24, 2.45) is 0 Å². The van der Waals surface area contributed by atoms with E-state index in [-0.39, 0.29) is 10.6 Å². The average molecular weight is 349 g/mol. The highest BCUT2D eigenvalue weighted by Crippen LogP contribution is 2.26. The van der Waals surface area contributed by atoms with Crippen LogP contribution in [0.2, 0.25) is 0 Å². The van der Waals surface area contributed by atoms with E-state index in [1.54, 1.807) is 12.1 Å². The second kappa shape index (κ2) is 6.83. The predicted octanol–water partition coefficient (Wildman–Crippen LogP) is 4.30. The van der Waals surface area contributed by atoms with Gasteiger partial charge in [-0.2, -0.15) is 0 Å². The molecule has 0 unspecified atom stereocenters. The van der Waals surface area contributed by atoms with E-state index >= 15 is 0 Å². The van der Waals surface area contributed by atoms with Gasteiger partial charge in [0, 0.05) is 19.2 Å². The van der Waals surface area contributed by atoms with Crippen LogP contribution in [0.1, 0.15) is 16.7 Å². The summed E-state index contributed by atoms with van der Waals surface area (Å²) in [4.78, 5) is 12.7. The zero-order valence-corrected chi connectivity index (χ0v) is 13.6. The van der Waals surface area contributed by atoms with Crippen molar-refractivity contribution >= 4 is 21.6 Å². The van der Waals surface area contributed by atoms with Gasteiger partial charge < -0.3 is 0 Å². The zero-order chi connectivity index (χ0) is 15.4. The van der Waals surface area contributed by atoms with Crippen molar-refractivity contribution in [1.82, 2.24) is 4.90 Å². The Hall–Kier alpha value is -1.72. The van der Waals surface area contributed by atoms with E-state index < -0.39 is 0 Å². The summed E-state index contributed by atoms with van der Waals surface area (Å²) in [6.07, 6.45) is 0. The molecule has 0 spiro atoms. The highest BCUT2D eigenvalue weighted by Gasteiger charge is 2.13. The Labute approximate surface area is 132 Å². The standard InChI is InChI=1S/C16H17BrN2O2/c1-12-5-3-4-6-14(12)11-18(2)10-13-7-8-15(17)16(9-13)19(20)21/h3-9H,10-11H2,1-2H3. The zero-order valence-electron chi connectivity index (χ0n) is 12.0. The molecule has 0 atom stereocenters. The highest BCUT2D eigenvalue weighted by molar-refractivity contribution is 9.10. The molecule has 2 rings (SSSR count). The molecule has 21 heavy (non-hydrogen) atoms.